The lowest BCUT2D eigenvalue weighted by atomic mass is 10.1. The molecule has 0 saturated heterocycles. The van der Waals surface area contributed by atoms with Crippen molar-refractivity contribution in [3.63, 3.8) is 0 Å². The maximum atomic E-state index is 3.61. The van der Waals surface area contributed by atoms with E-state index in [4.69, 9.17) is 0 Å². The van der Waals surface area contributed by atoms with Crippen LogP contribution < -0.4 is 5.32 Å². The van der Waals surface area contributed by atoms with Crippen molar-refractivity contribution in [2.24, 2.45) is 0 Å². The molecule has 0 radical (unpaired) electrons. The highest BCUT2D eigenvalue weighted by Crippen LogP contribution is 2.30. The molecule has 0 aliphatic carbocycles. The SMILES string of the molecule is CCCNC(C=C(C)C)c1cc2ccccc2s1. The molecular weight excluding hydrogens is 238 g/mol. The van der Waals surface area contributed by atoms with Gasteiger partial charge in [-0.15, -0.1) is 11.3 Å². The van der Waals surface area contributed by atoms with Crippen molar-refractivity contribution >= 4 is 21.4 Å². The van der Waals surface area contributed by atoms with Gasteiger partial charge < -0.3 is 5.32 Å². The Hall–Kier alpha value is -1.12. The van der Waals surface area contributed by atoms with Crippen molar-refractivity contribution in [3.8, 4) is 0 Å². The van der Waals surface area contributed by atoms with Gasteiger partial charge in [0.2, 0.25) is 0 Å². The van der Waals surface area contributed by atoms with Crippen LogP contribution in [0.5, 0.6) is 0 Å². The lowest BCUT2D eigenvalue weighted by molar-refractivity contribution is 0.617. The maximum Gasteiger partial charge on any atom is 0.0603 e. The molecule has 18 heavy (non-hydrogen) atoms. The molecule has 1 unspecified atom stereocenters. The third-order valence-electron chi connectivity index (χ3n) is 2.87. The molecule has 2 aromatic rings. The number of hydrogen-bond donors (Lipinski definition) is 1. The molecule has 1 atom stereocenters. The van der Waals surface area contributed by atoms with Crippen LogP contribution in [0.25, 0.3) is 10.1 Å². The van der Waals surface area contributed by atoms with Gasteiger partial charge in [0.15, 0.2) is 0 Å². The highest BCUT2D eigenvalue weighted by atomic mass is 32.1. The van der Waals surface area contributed by atoms with Gasteiger partial charge in [-0.3, -0.25) is 0 Å². The third kappa shape index (κ3) is 3.21. The van der Waals surface area contributed by atoms with Gasteiger partial charge in [0, 0.05) is 9.58 Å². The van der Waals surface area contributed by atoms with Crippen molar-refractivity contribution in [1.82, 2.24) is 5.32 Å². The first-order valence-electron chi connectivity index (χ1n) is 6.57. The van der Waals surface area contributed by atoms with E-state index in [2.05, 4.69) is 62.5 Å². The summed E-state index contributed by atoms with van der Waals surface area (Å²) in [5.74, 6) is 0. The standard InChI is InChI=1S/C16H21NS/c1-4-9-17-14(10-12(2)3)16-11-13-7-5-6-8-15(13)18-16/h5-8,10-11,14,17H,4,9H2,1-3H3. The Morgan fingerprint density at radius 1 is 1.33 bits per heavy atom. The molecule has 2 heteroatoms. The van der Waals surface area contributed by atoms with E-state index in [-0.39, 0.29) is 0 Å². The Labute approximate surface area is 114 Å². The third-order valence-corrected chi connectivity index (χ3v) is 4.06. The molecule has 1 aromatic carbocycles. The minimum absolute atomic E-state index is 0.354. The molecule has 1 nitrogen and oxygen atoms in total. The molecule has 1 N–H and O–H groups in total. The van der Waals surface area contributed by atoms with Gasteiger partial charge in [-0.25, -0.2) is 0 Å². The van der Waals surface area contributed by atoms with E-state index in [0.29, 0.717) is 6.04 Å². The smallest absolute Gasteiger partial charge is 0.0603 e. The quantitative estimate of drug-likeness (QED) is 0.752. The molecule has 96 valence electrons. The van der Waals surface area contributed by atoms with E-state index in [9.17, 15) is 0 Å². The van der Waals surface area contributed by atoms with Crippen LogP contribution in [0.4, 0.5) is 0 Å². The molecule has 1 heterocycles. The average molecular weight is 259 g/mol. The van der Waals surface area contributed by atoms with E-state index in [1.807, 2.05) is 11.3 Å². The minimum atomic E-state index is 0.354. The minimum Gasteiger partial charge on any atom is -0.306 e. The van der Waals surface area contributed by atoms with Gasteiger partial charge >= 0.3 is 0 Å². The fraction of sp³-hybridized carbons (Fsp3) is 0.375. The first kappa shape index (κ1) is 13.3. The van der Waals surface area contributed by atoms with Crippen LogP contribution in [0, 0.1) is 0 Å². The summed E-state index contributed by atoms with van der Waals surface area (Å²) in [5, 5.41) is 4.96. The van der Waals surface area contributed by atoms with Gasteiger partial charge in [0.1, 0.15) is 0 Å². The molecule has 2 rings (SSSR count). The van der Waals surface area contributed by atoms with E-state index in [1.54, 1.807) is 0 Å². The van der Waals surface area contributed by atoms with Gasteiger partial charge in [-0.2, -0.15) is 0 Å². The van der Waals surface area contributed by atoms with Crippen LogP contribution >= 0.6 is 11.3 Å². The Bertz CT molecular complexity index is 502. The van der Waals surface area contributed by atoms with Crippen molar-refractivity contribution in [2.75, 3.05) is 6.54 Å². The van der Waals surface area contributed by atoms with Crippen LogP contribution in [0.15, 0.2) is 42.0 Å². The van der Waals surface area contributed by atoms with Crippen LogP contribution in [0.1, 0.15) is 38.1 Å². The summed E-state index contributed by atoms with van der Waals surface area (Å²) in [6.07, 6.45) is 3.48. The molecule has 0 fully saturated rings. The second-order valence-corrected chi connectivity index (χ2v) is 5.98. The van der Waals surface area contributed by atoms with E-state index in [1.165, 1.54) is 20.5 Å². The van der Waals surface area contributed by atoms with Gasteiger partial charge in [-0.1, -0.05) is 36.8 Å². The fourth-order valence-corrected chi connectivity index (χ4v) is 3.14. The van der Waals surface area contributed by atoms with Crippen LogP contribution in [-0.2, 0) is 0 Å². The molecule has 0 saturated carbocycles. The lowest BCUT2D eigenvalue weighted by Crippen LogP contribution is -2.19. The Morgan fingerprint density at radius 2 is 2.11 bits per heavy atom. The summed E-state index contributed by atoms with van der Waals surface area (Å²) in [7, 11) is 0. The highest BCUT2D eigenvalue weighted by molar-refractivity contribution is 7.19. The molecular formula is C16H21NS. The number of nitrogens with one attached hydrogen (secondary N) is 1. The first-order chi connectivity index (χ1) is 8.70. The zero-order valence-electron chi connectivity index (χ0n) is 11.4. The number of thiophene rings is 1. The summed E-state index contributed by atoms with van der Waals surface area (Å²) in [6.45, 7) is 7.59. The number of hydrogen-bond acceptors (Lipinski definition) is 2. The predicted molar refractivity (Wildman–Crippen MR) is 82.3 cm³/mol. The summed E-state index contributed by atoms with van der Waals surface area (Å²) >= 11 is 1.89. The van der Waals surface area contributed by atoms with Crippen LogP contribution in [0.3, 0.4) is 0 Å². The van der Waals surface area contributed by atoms with E-state index >= 15 is 0 Å². The fourth-order valence-electron chi connectivity index (χ4n) is 2.03. The zero-order valence-corrected chi connectivity index (χ0v) is 12.2. The average Bonchev–Trinajstić information content (AvgIpc) is 2.77. The lowest BCUT2D eigenvalue weighted by Gasteiger charge is -2.13. The summed E-state index contributed by atoms with van der Waals surface area (Å²) in [6, 6.07) is 11.3. The van der Waals surface area contributed by atoms with Crippen molar-refractivity contribution in [3.05, 3.63) is 46.9 Å². The second-order valence-electron chi connectivity index (χ2n) is 4.86. The Kier molecular flexibility index (Phi) is 4.56. The van der Waals surface area contributed by atoms with Crippen molar-refractivity contribution in [1.29, 1.82) is 0 Å². The molecule has 0 bridgehead atoms. The Morgan fingerprint density at radius 3 is 2.78 bits per heavy atom. The molecule has 0 aliphatic heterocycles. The predicted octanol–water partition coefficient (Wildman–Crippen LogP) is 4.91. The molecule has 1 aromatic heterocycles. The molecule has 0 spiro atoms. The second kappa shape index (κ2) is 6.17. The topological polar surface area (TPSA) is 12.0 Å². The maximum absolute atomic E-state index is 3.61. The zero-order chi connectivity index (χ0) is 13.0. The van der Waals surface area contributed by atoms with Gasteiger partial charge in [0.25, 0.3) is 0 Å². The van der Waals surface area contributed by atoms with E-state index in [0.717, 1.165) is 13.0 Å². The largest absolute Gasteiger partial charge is 0.306 e. The van der Waals surface area contributed by atoms with Crippen molar-refractivity contribution in [2.45, 2.75) is 33.2 Å². The molecule has 0 aliphatic rings. The number of benzene rings is 1. The van der Waals surface area contributed by atoms with Crippen LogP contribution in [0.2, 0.25) is 0 Å². The number of rotatable bonds is 5. The highest BCUT2D eigenvalue weighted by Gasteiger charge is 2.11. The summed E-state index contributed by atoms with van der Waals surface area (Å²) in [4.78, 5) is 1.41. The molecule has 0 amide bonds. The van der Waals surface area contributed by atoms with Crippen LogP contribution in [-0.4, -0.2) is 6.54 Å². The summed E-state index contributed by atoms with van der Waals surface area (Å²) < 4.78 is 1.37. The first-order valence-corrected chi connectivity index (χ1v) is 7.39. The summed E-state index contributed by atoms with van der Waals surface area (Å²) in [5.41, 5.74) is 1.36. The van der Waals surface area contributed by atoms with Gasteiger partial charge in [-0.05, 0) is 44.3 Å². The number of fused-ring (bicyclic) bond motifs is 1. The van der Waals surface area contributed by atoms with Crippen molar-refractivity contribution < 1.29 is 0 Å². The number of allylic oxidation sites excluding steroid dienone is 1. The normalized spacial score (nSPS) is 12.6. The Balaban J connectivity index is 2.31. The van der Waals surface area contributed by atoms with E-state index < -0.39 is 0 Å². The van der Waals surface area contributed by atoms with Gasteiger partial charge in [0.05, 0.1) is 6.04 Å². The monoisotopic (exact) mass is 259 g/mol.